The summed E-state index contributed by atoms with van der Waals surface area (Å²) in [6.07, 6.45) is 23.0. The topological polar surface area (TPSA) is 175 Å². The van der Waals surface area contributed by atoms with E-state index >= 15 is 0 Å². The van der Waals surface area contributed by atoms with Crippen LogP contribution in [-0.2, 0) is 31.8 Å². The summed E-state index contributed by atoms with van der Waals surface area (Å²) in [5.74, 6) is 2.58. The molecule has 0 saturated carbocycles. The van der Waals surface area contributed by atoms with Crippen molar-refractivity contribution in [3.8, 4) is 34.5 Å². The molecule has 76 heavy (non-hydrogen) atoms. The lowest BCUT2D eigenvalue weighted by Crippen LogP contribution is -2.36. The van der Waals surface area contributed by atoms with Gasteiger partial charge in [-0.15, -0.1) is 0 Å². The van der Waals surface area contributed by atoms with E-state index in [0.717, 1.165) is 0 Å². The van der Waals surface area contributed by atoms with Crippen molar-refractivity contribution in [2.75, 3.05) is 56.9 Å². The quantitative estimate of drug-likeness (QED) is 0.0514. The highest BCUT2D eigenvalue weighted by Crippen LogP contribution is 2.42. The van der Waals surface area contributed by atoms with Crippen LogP contribution in [0.5, 0.6) is 34.5 Å². The molecule has 2 N–H and O–H groups in total. The van der Waals surface area contributed by atoms with Gasteiger partial charge in [-0.25, -0.2) is 0 Å². The van der Waals surface area contributed by atoms with Gasteiger partial charge in [-0.3, -0.25) is 9.59 Å². The molecule has 0 amide bonds. The lowest BCUT2D eigenvalue weighted by Gasteiger charge is -2.32. The Morgan fingerprint density at radius 2 is 0.961 bits per heavy atom. The maximum Gasteiger partial charge on any atom is 0.202 e. The maximum absolute atomic E-state index is 13.2. The number of phenols is 2. The van der Waals surface area contributed by atoms with Crippen molar-refractivity contribution in [1.29, 1.82) is 0 Å². The number of methoxy groups -OCH3 is 8. The fourth-order valence-electron chi connectivity index (χ4n) is 9.71. The third kappa shape index (κ3) is 16.8. The van der Waals surface area contributed by atoms with Crippen LogP contribution < -0.4 is 29.8 Å². The van der Waals surface area contributed by atoms with Gasteiger partial charge in [0.15, 0.2) is 33.5 Å². The molecule has 0 fully saturated rings. The fraction of sp³-hybridized carbons (Fsp3) is 0.548. The predicted octanol–water partition coefficient (Wildman–Crippen LogP) is 13.4. The first-order chi connectivity index (χ1) is 35.8. The summed E-state index contributed by atoms with van der Waals surface area (Å²) in [5, 5.41) is 21.7. The Labute approximate surface area is 453 Å². The average Bonchev–Trinajstić information content (AvgIpc) is 3.40. The van der Waals surface area contributed by atoms with Gasteiger partial charge in [0.25, 0.3) is 0 Å². The summed E-state index contributed by atoms with van der Waals surface area (Å²) < 4.78 is 56.7. The number of benzene rings is 2. The summed E-state index contributed by atoms with van der Waals surface area (Å²) in [4.78, 5) is 26.4. The van der Waals surface area contributed by atoms with Gasteiger partial charge < -0.3 is 56.9 Å². The smallest absolute Gasteiger partial charge is 0.202 e. The molecule has 4 rings (SSSR count). The van der Waals surface area contributed by atoms with Crippen molar-refractivity contribution in [2.45, 2.75) is 140 Å². The number of aryl methyl sites for hydroxylation is 2. The van der Waals surface area contributed by atoms with Gasteiger partial charge in [0.05, 0.1) is 52.9 Å². The number of allylic oxidation sites excluding steroid dienone is 8. The Kier molecular flexibility index (Phi) is 28.5. The molecule has 0 saturated heterocycles. The lowest BCUT2D eigenvalue weighted by molar-refractivity contribution is -0.0344. The van der Waals surface area contributed by atoms with Crippen LogP contribution in [0.15, 0.2) is 90.8 Å². The number of aromatic hydroxyl groups is 2. The number of fused-ring (bicyclic) bond motifs is 2. The Morgan fingerprint density at radius 3 is 1.30 bits per heavy atom. The zero-order valence-corrected chi connectivity index (χ0v) is 48.1. The van der Waals surface area contributed by atoms with Crippen molar-refractivity contribution >= 4 is 21.9 Å². The Hall–Kier alpha value is -5.80. The average molecular weight is 1060 g/mol. The SMILES string of the molecule is C.C/C=C(C)/C=C/C=C/[C@H](OC)[C@@H](C)[C@@H](OC)[C@@H](C)CCc1oc2c(O)c(OC)cc(OC)c2c(=O)c1C.CCCC(C)/C=C/C=C/[C@H](OC)[C@@H](C)[C@@H](OC)[C@@H](C)CCc1oc2c(O)c(OC)cc(OC)c2c(=O)c1C. The third-order valence-electron chi connectivity index (χ3n) is 14.4. The van der Waals surface area contributed by atoms with Crippen LogP contribution in [0.3, 0.4) is 0 Å². The molecule has 0 spiro atoms. The Balaban J connectivity index is 0.000000514. The highest BCUT2D eigenvalue weighted by atomic mass is 16.5. The minimum absolute atomic E-state index is 0. The van der Waals surface area contributed by atoms with Crippen LogP contribution >= 0.6 is 0 Å². The second kappa shape index (κ2) is 32.7. The monoisotopic (exact) mass is 1060 g/mol. The fourth-order valence-corrected chi connectivity index (χ4v) is 9.71. The normalized spacial score (nSPS) is 15.8. The summed E-state index contributed by atoms with van der Waals surface area (Å²) in [6, 6.07) is 2.97. The van der Waals surface area contributed by atoms with E-state index in [0.29, 0.717) is 65.7 Å². The number of rotatable bonds is 28. The summed E-state index contributed by atoms with van der Waals surface area (Å²) in [7, 11) is 12.6. The molecule has 2 aromatic carbocycles. The zero-order valence-electron chi connectivity index (χ0n) is 48.1. The van der Waals surface area contributed by atoms with E-state index in [1.165, 1.54) is 59.0 Å². The van der Waals surface area contributed by atoms with Crippen LogP contribution in [-0.4, -0.2) is 91.5 Å². The third-order valence-corrected chi connectivity index (χ3v) is 14.4. The first-order valence-electron chi connectivity index (χ1n) is 26.0. The number of hydrogen-bond donors (Lipinski definition) is 2. The van der Waals surface area contributed by atoms with Gasteiger partial charge in [-0.05, 0) is 64.7 Å². The van der Waals surface area contributed by atoms with Crippen LogP contribution in [0.25, 0.3) is 21.9 Å². The van der Waals surface area contributed by atoms with Gasteiger partial charge in [-0.2, -0.15) is 0 Å². The lowest BCUT2D eigenvalue weighted by atomic mass is 9.85. The molecule has 2 aromatic heterocycles. The van der Waals surface area contributed by atoms with Crippen molar-refractivity contribution < 1.29 is 56.9 Å². The van der Waals surface area contributed by atoms with Gasteiger partial charge in [0.1, 0.15) is 33.8 Å². The van der Waals surface area contributed by atoms with Crippen molar-refractivity contribution in [1.82, 2.24) is 0 Å². The van der Waals surface area contributed by atoms with E-state index in [1.807, 2.05) is 31.2 Å². The first-order valence-corrected chi connectivity index (χ1v) is 26.0. The molecule has 0 aliphatic heterocycles. The second-order valence-electron chi connectivity index (χ2n) is 19.5. The predicted molar refractivity (Wildman–Crippen MR) is 307 cm³/mol. The number of hydrogen-bond acceptors (Lipinski definition) is 14. The molecule has 0 aliphatic carbocycles. The van der Waals surface area contributed by atoms with Crippen LogP contribution in [0.4, 0.5) is 0 Å². The molecule has 9 atom stereocenters. The number of ether oxygens (including phenoxy) is 8. The maximum atomic E-state index is 13.2. The van der Waals surface area contributed by atoms with E-state index < -0.39 is 0 Å². The summed E-state index contributed by atoms with van der Waals surface area (Å²) >= 11 is 0. The van der Waals surface area contributed by atoms with Crippen LogP contribution in [0.2, 0.25) is 0 Å². The first kappa shape index (κ1) is 66.3. The minimum Gasteiger partial charge on any atom is -0.502 e. The minimum atomic E-state index is -0.235. The van der Waals surface area contributed by atoms with Crippen LogP contribution in [0, 0.1) is 43.4 Å². The molecule has 1 unspecified atom stereocenters. The van der Waals surface area contributed by atoms with E-state index in [2.05, 4.69) is 78.8 Å². The molecule has 0 aliphatic rings. The molecule has 14 heteroatoms. The molecule has 424 valence electrons. The number of phenolic OH excluding ortho intramolecular Hbond substituents is 2. The van der Waals surface area contributed by atoms with Gasteiger partial charge in [0.2, 0.25) is 11.5 Å². The molecular weight excluding hydrogens is 969 g/mol. The molecular formula is C62H92O14. The molecule has 4 aromatic rings. The Morgan fingerprint density at radius 1 is 0.579 bits per heavy atom. The van der Waals surface area contributed by atoms with E-state index in [1.54, 1.807) is 42.3 Å². The van der Waals surface area contributed by atoms with Crippen molar-refractivity contribution in [3.63, 3.8) is 0 Å². The standard InChI is InChI=1S/C31H46O7.C30H42O7.CH4/c1-10-13-19(2)14-11-12-15-23(34-6)22(5)30(37-9)20(3)16-17-24-21(4)28(32)27-25(35-7)18-26(36-8)29(33)31(27)38-24;1-10-18(2)13-11-12-14-22(33-6)21(5)29(36-9)19(3)15-16-23-20(4)27(31)26-24(34-7)17-25(35-8)28(32)30(26)37-23;/h11-12,14-15,18-20,22-23,30,33H,10,13,16-17H2,1-9H3;10-14,17,19,21-22,29,32H,15-16H2,1-9H3;1H4/b14-11+,15-12+;13-11+,14-12+,18-10+;/t19?,20-,22+,23-,30-;19-,21+,22-,29-;/m00./s1. The summed E-state index contributed by atoms with van der Waals surface area (Å²) in [5.41, 5.74) is 1.85. The van der Waals surface area contributed by atoms with Gasteiger partial charge in [0, 0.05) is 76.4 Å². The van der Waals surface area contributed by atoms with E-state index in [-0.39, 0.29) is 111 Å². The van der Waals surface area contributed by atoms with E-state index in [4.69, 9.17) is 46.7 Å². The van der Waals surface area contributed by atoms with Crippen molar-refractivity contribution in [2.24, 2.45) is 29.6 Å². The highest BCUT2D eigenvalue weighted by Gasteiger charge is 2.31. The van der Waals surface area contributed by atoms with Gasteiger partial charge >= 0.3 is 0 Å². The highest BCUT2D eigenvalue weighted by molar-refractivity contribution is 5.92. The van der Waals surface area contributed by atoms with Crippen molar-refractivity contribution in [3.05, 3.63) is 115 Å². The molecule has 2 heterocycles. The second-order valence-corrected chi connectivity index (χ2v) is 19.5. The van der Waals surface area contributed by atoms with Crippen LogP contribution in [0.1, 0.15) is 111 Å². The molecule has 0 bridgehead atoms. The zero-order chi connectivity index (χ0) is 56.1. The summed E-state index contributed by atoms with van der Waals surface area (Å²) in [6.45, 7) is 20.4. The van der Waals surface area contributed by atoms with E-state index in [9.17, 15) is 19.8 Å². The molecule has 0 radical (unpaired) electrons. The van der Waals surface area contributed by atoms with Gasteiger partial charge in [-0.1, -0.05) is 116 Å². The largest absolute Gasteiger partial charge is 0.502 e. The Bertz CT molecular complexity index is 2700. The molecule has 14 nitrogen and oxygen atoms in total.